The molecule has 0 atom stereocenters. The van der Waals surface area contributed by atoms with Crippen LogP contribution >= 0.6 is 11.6 Å². The standard InChI is InChI=1S/C34H35ClO4/c1-3-5-7-9-24-12-17-29(18-13-24)38-34(37)31-20-19-30(23-32(31)35)39-33(36)28-16-15-26-21-25(10-8-6-4-2)11-14-27(26)22-28/h11-23H,3-10H2,1-2H3. The monoisotopic (exact) mass is 542 g/mol. The van der Waals surface area contributed by atoms with E-state index in [-0.39, 0.29) is 16.3 Å². The molecule has 0 unspecified atom stereocenters. The summed E-state index contributed by atoms with van der Waals surface area (Å²) in [6, 6.07) is 23.9. The molecular weight excluding hydrogens is 508 g/mol. The maximum absolute atomic E-state index is 12.8. The van der Waals surface area contributed by atoms with Crippen LogP contribution in [0, 0.1) is 0 Å². The first-order valence-electron chi connectivity index (χ1n) is 13.8. The van der Waals surface area contributed by atoms with E-state index >= 15 is 0 Å². The van der Waals surface area contributed by atoms with Crippen molar-refractivity contribution in [2.45, 2.75) is 65.2 Å². The van der Waals surface area contributed by atoms with Gasteiger partial charge < -0.3 is 9.47 Å². The molecule has 39 heavy (non-hydrogen) atoms. The van der Waals surface area contributed by atoms with Crippen molar-refractivity contribution in [2.24, 2.45) is 0 Å². The number of carbonyl (C=O) groups is 2. The Morgan fingerprint density at radius 2 is 1.21 bits per heavy atom. The summed E-state index contributed by atoms with van der Waals surface area (Å²) in [4.78, 5) is 25.5. The topological polar surface area (TPSA) is 52.6 Å². The van der Waals surface area contributed by atoms with Gasteiger partial charge in [0.05, 0.1) is 16.1 Å². The number of benzene rings is 4. The quantitative estimate of drug-likeness (QED) is 0.102. The summed E-state index contributed by atoms with van der Waals surface area (Å²) in [6.07, 6.45) is 9.19. The Balaban J connectivity index is 1.37. The third-order valence-electron chi connectivity index (χ3n) is 6.78. The van der Waals surface area contributed by atoms with Gasteiger partial charge in [0.1, 0.15) is 11.5 Å². The zero-order chi connectivity index (χ0) is 27.6. The van der Waals surface area contributed by atoms with E-state index in [1.165, 1.54) is 55.4 Å². The lowest BCUT2D eigenvalue weighted by molar-refractivity contribution is 0.0730. The van der Waals surface area contributed by atoms with E-state index in [4.69, 9.17) is 21.1 Å². The Morgan fingerprint density at radius 3 is 1.90 bits per heavy atom. The molecule has 0 aliphatic heterocycles. The van der Waals surface area contributed by atoms with Gasteiger partial charge in [-0.2, -0.15) is 0 Å². The largest absolute Gasteiger partial charge is 0.423 e. The van der Waals surface area contributed by atoms with E-state index in [2.05, 4.69) is 26.0 Å². The zero-order valence-corrected chi connectivity index (χ0v) is 23.4. The molecule has 0 fully saturated rings. The number of ether oxygens (including phenoxy) is 2. The van der Waals surface area contributed by atoms with Crippen LogP contribution in [0.5, 0.6) is 11.5 Å². The molecule has 0 saturated carbocycles. The minimum Gasteiger partial charge on any atom is -0.423 e. The summed E-state index contributed by atoms with van der Waals surface area (Å²) >= 11 is 6.36. The molecule has 0 amide bonds. The first-order chi connectivity index (χ1) is 19.0. The van der Waals surface area contributed by atoms with Crippen LogP contribution in [0.3, 0.4) is 0 Å². The SMILES string of the molecule is CCCCCc1ccc(OC(=O)c2ccc(OC(=O)c3ccc4cc(CCCCC)ccc4c3)cc2Cl)cc1. The molecule has 0 N–H and O–H groups in total. The molecule has 0 heterocycles. The first-order valence-corrected chi connectivity index (χ1v) is 14.2. The highest BCUT2D eigenvalue weighted by molar-refractivity contribution is 6.33. The van der Waals surface area contributed by atoms with Crippen LogP contribution < -0.4 is 9.47 Å². The summed E-state index contributed by atoms with van der Waals surface area (Å²) in [5.41, 5.74) is 3.16. The fourth-order valence-corrected chi connectivity index (χ4v) is 4.76. The Kier molecular flexibility index (Phi) is 10.2. The summed E-state index contributed by atoms with van der Waals surface area (Å²) in [6.45, 7) is 4.38. The van der Waals surface area contributed by atoms with Crippen molar-refractivity contribution in [3.05, 3.63) is 106 Å². The van der Waals surface area contributed by atoms with Crippen LogP contribution in [0.25, 0.3) is 10.8 Å². The van der Waals surface area contributed by atoms with Crippen molar-refractivity contribution in [2.75, 3.05) is 0 Å². The van der Waals surface area contributed by atoms with Crippen LogP contribution in [0.15, 0.2) is 78.9 Å². The lowest BCUT2D eigenvalue weighted by Crippen LogP contribution is -2.11. The first kappa shape index (κ1) is 28.4. The number of unbranched alkanes of at least 4 members (excludes halogenated alkanes) is 4. The number of halogens is 1. The van der Waals surface area contributed by atoms with Crippen LogP contribution in [-0.2, 0) is 12.8 Å². The minimum absolute atomic E-state index is 0.149. The van der Waals surface area contributed by atoms with E-state index in [9.17, 15) is 9.59 Å². The van der Waals surface area contributed by atoms with Gasteiger partial charge in [-0.15, -0.1) is 0 Å². The molecule has 0 bridgehead atoms. The summed E-state index contributed by atoms with van der Waals surface area (Å²) in [5, 5.41) is 2.22. The average molecular weight is 543 g/mol. The Bertz CT molecular complexity index is 1430. The van der Waals surface area contributed by atoms with Gasteiger partial charge in [0.25, 0.3) is 0 Å². The molecule has 0 spiro atoms. The molecule has 0 saturated heterocycles. The van der Waals surface area contributed by atoms with Crippen molar-refractivity contribution < 1.29 is 19.1 Å². The number of esters is 2. The maximum atomic E-state index is 12.8. The number of rotatable bonds is 12. The lowest BCUT2D eigenvalue weighted by Gasteiger charge is -2.10. The number of hydrogen-bond donors (Lipinski definition) is 0. The van der Waals surface area contributed by atoms with Crippen molar-refractivity contribution in [3.8, 4) is 11.5 Å². The van der Waals surface area contributed by atoms with Gasteiger partial charge in [-0.1, -0.05) is 87.5 Å². The molecule has 4 nitrogen and oxygen atoms in total. The Hall–Kier alpha value is -3.63. The minimum atomic E-state index is -0.569. The van der Waals surface area contributed by atoms with Crippen molar-refractivity contribution in [1.29, 1.82) is 0 Å². The molecule has 4 rings (SSSR count). The second-order valence-electron chi connectivity index (χ2n) is 9.88. The number of aryl methyl sites for hydroxylation is 2. The molecule has 0 radical (unpaired) electrons. The van der Waals surface area contributed by atoms with Crippen molar-refractivity contribution >= 4 is 34.3 Å². The van der Waals surface area contributed by atoms with Crippen LogP contribution in [-0.4, -0.2) is 11.9 Å². The second kappa shape index (κ2) is 14.0. The third-order valence-corrected chi connectivity index (χ3v) is 7.10. The van der Waals surface area contributed by atoms with Gasteiger partial charge in [0.15, 0.2) is 0 Å². The van der Waals surface area contributed by atoms with E-state index < -0.39 is 11.9 Å². The fourth-order valence-electron chi connectivity index (χ4n) is 4.51. The zero-order valence-electron chi connectivity index (χ0n) is 22.7. The average Bonchev–Trinajstić information content (AvgIpc) is 2.94. The smallest absolute Gasteiger partial charge is 0.345 e. The predicted molar refractivity (Wildman–Crippen MR) is 158 cm³/mol. The highest BCUT2D eigenvalue weighted by atomic mass is 35.5. The molecule has 5 heteroatoms. The fraction of sp³-hybridized carbons (Fsp3) is 0.294. The van der Waals surface area contributed by atoms with Crippen molar-refractivity contribution in [1.82, 2.24) is 0 Å². The predicted octanol–water partition coefficient (Wildman–Crippen LogP) is 9.40. The molecule has 4 aromatic rings. The number of hydrogen-bond acceptors (Lipinski definition) is 4. The summed E-state index contributed by atoms with van der Waals surface area (Å²) in [7, 11) is 0. The molecule has 202 valence electrons. The third kappa shape index (κ3) is 7.93. The van der Waals surface area contributed by atoms with Gasteiger partial charge in [0, 0.05) is 6.07 Å². The maximum Gasteiger partial charge on any atom is 0.345 e. The summed E-state index contributed by atoms with van der Waals surface area (Å²) < 4.78 is 11.0. The van der Waals surface area contributed by atoms with Gasteiger partial charge >= 0.3 is 11.9 Å². The van der Waals surface area contributed by atoms with Crippen LogP contribution in [0.1, 0.15) is 84.2 Å². The Morgan fingerprint density at radius 1 is 0.615 bits per heavy atom. The van der Waals surface area contributed by atoms with Gasteiger partial charge in [-0.25, -0.2) is 9.59 Å². The second-order valence-corrected chi connectivity index (χ2v) is 10.3. The highest BCUT2D eigenvalue weighted by Crippen LogP contribution is 2.26. The van der Waals surface area contributed by atoms with Crippen molar-refractivity contribution in [3.63, 3.8) is 0 Å². The lowest BCUT2D eigenvalue weighted by atomic mass is 10.0. The Labute approximate surface area is 235 Å². The van der Waals surface area contributed by atoms with E-state index in [0.717, 1.165) is 30.0 Å². The molecular formula is C34H35ClO4. The normalized spacial score (nSPS) is 10.9. The van der Waals surface area contributed by atoms with Crippen LogP contribution in [0.4, 0.5) is 0 Å². The highest BCUT2D eigenvalue weighted by Gasteiger charge is 2.16. The van der Waals surface area contributed by atoms with Crippen LogP contribution in [0.2, 0.25) is 5.02 Å². The molecule has 0 aliphatic rings. The summed E-state index contributed by atoms with van der Waals surface area (Å²) in [5.74, 6) is -0.353. The molecule has 4 aromatic carbocycles. The van der Waals surface area contributed by atoms with E-state index in [1.807, 2.05) is 30.3 Å². The number of fused-ring (bicyclic) bond motifs is 1. The van der Waals surface area contributed by atoms with E-state index in [1.54, 1.807) is 24.3 Å². The number of carbonyl (C=O) groups excluding carboxylic acids is 2. The molecule has 0 aliphatic carbocycles. The van der Waals surface area contributed by atoms with Gasteiger partial charge in [0.2, 0.25) is 0 Å². The van der Waals surface area contributed by atoms with Gasteiger partial charge in [-0.3, -0.25) is 0 Å². The molecule has 0 aromatic heterocycles. The van der Waals surface area contributed by atoms with Gasteiger partial charge in [-0.05, 0) is 84.0 Å². The van der Waals surface area contributed by atoms with E-state index in [0.29, 0.717) is 11.3 Å².